The third kappa shape index (κ3) is 1.89. The Labute approximate surface area is 91.0 Å². The second-order valence-corrected chi connectivity index (χ2v) is 3.23. The number of carbonyl (C=O) groups excluding carboxylic acids is 1. The van der Waals surface area contributed by atoms with Crippen LogP contribution in [0, 0.1) is 0 Å². The van der Waals surface area contributed by atoms with Crippen LogP contribution in [0.15, 0.2) is 30.6 Å². The standard InChI is InChI=1S/C9H10N6O/c10-8(9(11)16)6-2-1-3-7(4-6)15-5-12-13-14-15/h1-5,8H,10H2,(H2,11,16). The number of hydrogen-bond acceptors (Lipinski definition) is 5. The molecule has 16 heavy (non-hydrogen) atoms. The van der Waals surface area contributed by atoms with E-state index in [1.807, 2.05) is 0 Å². The van der Waals surface area contributed by atoms with Gasteiger partial charge in [0.1, 0.15) is 12.4 Å². The molecule has 1 aromatic heterocycles. The van der Waals surface area contributed by atoms with E-state index in [4.69, 9.17) is 11.5 Å². The van der Waals surface area contributed by atoms with Crippen LogP contribution in [0.2, 0.25) is 0 Å². The number of benzene rings is 1. The summed E-state index contributed by atoms with van der Waals surface area (Å²) >= 11 is 0. The molecule has 0 saturated heterocycles. The van der Waals surface area contributed by atoms with Crippen molar-refractivity contribution in [2.24, 2.45) is 11.5 Å². The highest BCUT2D eigenvalue weighted by molar-refractivity contribution is 5.81. The summed E-state index contributed by atoms with van der Waals surface area (Å²) in [5, 5.41) is 10.8. The molecule has 1 amide bonds. The molecule has 0 aliphatic carbocycles. The van der Waals surface area contributed by atoms with E-state index >= 15 is 0 Å². The Balaban J connectivity index is 2.37. The normalized spacial score (nSPS) is 12.3. The van der Waals surface area contributed by atoms with Gasteiger partial charge in [-0.2, -0.15) is 0 Å². The number of primary amides is 1. The predicted molar refractivity (Wildman–Crippen MR) is 55.3 cm³/mol. The lowest BCUT2D eigenvalue weighted by Gasteiger charge is -2.08. The number of nitrogens with two attached hydrogens (primary N) is 2. The second kappa shape index (κ2) is 4.07. The monoisotopic (exact) mass is 218 g/mol. The lowest BCUT2D eigenvalue weighted by Crippen LogP contribution is -2.28. The molecule has 4 N–H and O–H groups in total. The molecule has 0 saturated carbocycles. The SMILES string of the molecule is NC(=O)C(N)c1cccc(-n2cnnn2)c1. The quantitative estimate of drug-likeness (QED) is 0.696. The number of carbonyl (C=O) groups is 1. The molecule has 0 bridgehead atoms. The maximum Gasteiger partial charge on any atom is 0.238 e. The third-order valence-corrected chi connectivity index (χ3v) is 2.15. The Morgan fingerprint density at radius 2 is 2.25 bits per heavy atom. The van der Waals surface area contributed by atoms with Crippen LogP contribution in [-0.4, -0.2) is 26.1 Å². The van der Waals surface area contributed by atoms with Crippen LogP contribution in [0.3, 0.4) is 0 Å². The summed E-state index contributed by atoms with van der Waals surface area (Å²) in [7, 11) is 0. The first-order valence-electron chi connectivity index (χ1n) is 4.56. The van der Waals surface area contributed by atoms with Gasteiger partial charge < -0.3 is 11.5 Å². The van der Waals surface area contributed by atoms with Crippen molar-refractivity contribution < 1.29 is 4.79 Å². The molecule has 1 heterocycles. The summed E-state index contributed by atoms with van der Waals surface area (Å²) in [5.74, 6) is -0.575. The molecule has 1 atom stereocenters. The van der Waals surface area contributed by atoms with Crippen molar-refractivity contribution in [3.8, 4) is 5.69 Å². The van der Waals surface area contributed by atoms with Gasteiger partial charge in [0.15, 0.2) is 0 Å². The maximum atomic E-state index is 10.9. The summed E-state index contributed by atoms with van der Waals surface area (Å²) in [5.41, 5.74) is 12.1. The minimum Gasteiger partial charge on any atom is -0.368 e. The first-order chi connectivity index (χ1) is 7.68. The summed E-state index contributed by atoms with van der Waals surface area (Å²) < 4.78 is 1.47. The fourth-order valence-corrected chi connectivity index (χ4v) is 1.30. The van der Waals surface area contributed by atoms with E-state index in [-0.39, 0.29) is 0 Å². The van der Waals surface area contributed by atoms with Crippen molar-refractivity contribution in [3.05, 3.63) is 36.2 Å². The predicted octanol–water partition coefficient (Wildman–Crippen LogP) is -0.853. The van der Waals surface area contributed by atoms with Crippen LogP contribution < -0.4 is 11.5 Å². The van der Waals surface area contributed by atoms with Gasteiger partial charge in [-0.15, -0.1) is 5.10 Å². The number of tetrazole rings is 1. The smallest absolute Gasteiger partial charge is 0.238 e. The van der Waals surface area contributed by atoms with Crippen molar-refractivity contribution in [1.82, 2.24) is 20.2 Å². The topological polar surface area (TPSA) is 113 Å². The zero-order valence-electron chi connectivity index (χ0n) is 8.32. The van der Waals surface area contributed by atoms with Gasteiger partial charge >= 0.3 is 0 Å². The van der Waals surface area contributed by atoms with Gasteiger partial charge in [0.05, 0.1) is 5.69 Å². The lowest BCUT2D eigenvalue weighted by atomic mass is 10.1. The number of rotatable bonds is 3. The van der Waals surface area contributed by atoms with Crippen LogP contribution in [0.1, 0.15) is 11.6 Å². The van der Waals surface area contributed by atoms with Crippen molar-refractivity contribution >= 4 is 5.91 Å². The average molecular weight is 218 g/mol. The second-order valence-electron chi connectivity index (χ2n) is 3.23. The largest absolute Gasteiger partial charge is 0.368 e. The summed E-state index contributed by atoms with van der Waals surface area (Å²) in [6, 6.07) is 6.18. The van der Waals surface area contributed by atoms with E-state index in [1.54, 1.807) is 24.3 Å². The minimum absolute atomic E-state index is 0.575. The molecule has 2 aromatic rings. The zero-order chi connectivity index (χ0) is 11.5. The molecule has 0 aliphatic rings. The van der Waals surface area contributed by atoms with Gasteiger partial charge in [0.2, 0.25) is 5.91 Å². The van der Waals surface area contributed by atoms with Crippen molar-refractivity contribution in [2.45, 2.75) is 6.04 Å². The molecule has 7 nitrogen and oxygen atoms in total. The highest BCUT2D eigenvalue weighted by Gasteiger charge is 2.12. The number of amides is 1. The third-order valence-electron chi connectivity index (χ3n) is 2.15. The first kappa shape index (κ1) is 10.2. The summed E-state index contributed by atoms with van der Waals surface area (Å²) in [6.45, 7) is 0. The fraction of sp³-hybridized carbons (Fsp3) is 0.111. The Bertz CT molecular complexity index is 494. The van der Waals surface area contributed by atoms with Gasteiger partial charge in [-0.05, 0) is 28.1 Å². The molecule has 0 radical (unpaired) electrons. The fourth-order valence-electron chi connectivity index (χ4n) is 1.30. The van der Waals surface area contributed by atoms with E-state index in [0.29, 0.717) is 5.56 Å². The Morgan fingerprint density at radius 3 is 2.88 bits per heavy atom. The average Bonchev–Trinajstić information content (AvgIpc) is 2.81. The summed E-state index contributed by atoms with van der Waals surface area (Å²) in [6.07, 6.45) is 1.45. The number of hydrogen-bond donors (Lipinski definition) is 2. The minimum atomic E-state index is -0.823. The highest BCUT2D eigenvalue weighted by Crippen LogP contribution is 2.14. The van der Waals surface area contributed by atoms with E-state index in [1.165, 1.54) is 11.0 Å². The first-order valence-corrected chi connectivity index (χ1v) is 4.56. The van der Waals surface area contributed by atoms with Crippen molar-refractivity contribution in [3.63, 3.8) is 0 Å². The Kier molecular flexibility index (Phi) is 2.61. The van der Waals surface area contributed by atoms with Crippen molar-refractivity contribution in [1.29, 1.82) is 0 Å². The zero-order valence-corrected chi connectivity index (χ0v) is 8.32. The lowest BCUT2D eigenvalue weighted by molar-refractivity contribution is -0.119. The van der Waals surface area contributed by atoms with Crippen LogP contribution >= 0.6 is 0 Å². The van der Waals surface area contributed by atoms with E-state index in [0.717, 1.165) is 5.69 Å². The van der Waals surface area contributed by atoms with Gasteiger partial charge in [-0.25, -0.2) is 4.68 Å². The van der Waals surface area contributed by atoms with Crippen LogP contribution in [0.5, 0.6) is 0 Å². The Hall–Kier alpha value is -2.28. The van der Waals surface area contributed by atoms with Gasteiger partial charge in [-0.3, -0.25) is 4.79 Å². The van der Waals surface area contributed by atoms with Gasteiger partial charge in [-0.1, -0.05) is 12.1 Å². The van der Waals surface area contributed by atoms with Crippen molar-refractivity contribution in [2.75, 3.05) is 0 Å². The van der Waals surface area contributed by atoms with E-state index in [2.05, 4.69) is 15.5 Å². The molecule has 0 fully saturated rings. The molecule has 1 aromatic carbocycles. The molecule has 7 heteroatoms. The molecule has 82 valence electrons. The van der Waals surface area contributed by atoms with Gasteiger partial charge in [0.25, 0.3) is 0 Å². The molecule has 1 unspecified atom stereocenters. The molecular formula is C9H10N6O. The van der Waals surface area contributed by atoms with Crippen LogP contribution in [0.4, 0.5) is 0 Å². The van der Waals surface area contributed by atoms with Crippen LogP contribution in [-0.2, 0) is 4.79 Å². The number of nitrogens with zero attached hydrogens (tertiary/aromatic N) is 4. The Morgan fingerprint density at radius 1 is 1.44 bits per heavy atom. The van der Waals surface area contributed by atoms with E-state index < -0.39 is 11.9 Å². The van der Waals surface area contributed by atoms with Crippen LogP contribution in [0.25, 0.3) is 5.69 Å². The van der Waals surface area contributed by atoms with Gasteiger partial charge in [0, 0.05) is 0 Å². The van der Waals surface area contributed by atoms with E-state index in [9.17, 15) is 4.79 Å². The summed E-state index contributed by atoms with van der Waals surface area (Å²) in [4.78, 5) is 10.9. The molecule has 0 spiro atoms. The molecule has 0 aliphatic heterocycles. The number of aromatic nitrogens is 4. The molecular weight excluding hydrogens is 208 g/mol. The molecule has 2 rings (SSSR count). The highest BCUT2D eigenvalue weighted by atomic mass is 16.1. The maximum absolute atomic E-state index is 10.9.